The highest BCUT2D eigenvalue weighted by atomic mass is 127. The van der Waals surface area contributed by atoms with E-state index in [-0.39, 0.29) is 18.3 Å². The SMILES string of the molecule is [CH2]C(CO)c1cc(F)ccc1I. The zero-order valence-electron chi connectivity index (χ0n) is 6.43. The number of halogens is 2. The van der Waals surface area contributed by atoms with Gasteiger partial charge in [-0.25, -0.2) is 4.39 Å². The highest BCUT2D eigenvalue weighted by molar-refractivity contribution is 14.1. The monoisotopic (exact) mass is 279 g/mol. The highest BCUT2D eigenvalue weighted by Crippen LogP contribution is 2.21. The summed E-state index contributed by atoms with van der Waals surface area (Å²) >= 11 is 2.10. The molecule has 1 atom stereocenters. The number of hydrogen-bond acceptors (Lipinski definition) is 1. The van der Waals surface area contributed by atoms with Gasteiger partial charge in [-0.05, 0) is 53.3 Å². The average molecular weight is 279 g/mol. The maximum absolute atomic E-state index is 12.7. The summed E-state index contributed by atoms with van der Waals surface area (Å²) in [6.45, 7) is 3.65. The molecule has 1 aromatic carbocycles. The van der Waals surface area contributed by atoms with Crippen molar-refractivity contribution in [3.63, 3.8) is 0 Å². The Labute approximate surface area is 84.7 Å². The van der Waals surface area contributed by atoms with E-state index in [1.54, 1.807) is 6.07 Å². The van der Waals surface area contributed by atoms with Crippen molar-refractivity contribution >= 4 is 22.6 Å². The van der Waals surface area contributed by atoms with E-state index in [0.29, 0.717) is 0 Å². The summed E-state index contributed by atoms with van der Waals surface area (Å²) in [5, 5.41) is 8.82. The highest BCUT2D eigenvalue weighted by Gasteiger charge is 2.08. The molecule has 1 nitrogen and oxygen atoms in total. The molecule has 65 valence electrons. The molecule has 0 aliphatic rings. The maximum Gasteiger partial charge on any atom is 0.123 e. The van der Waals surface area contributed by atoms with Crippen molar-refractivity contribution in [1.82, 2.24) is 0 Å². The number of rotatable bonds is 2. The van der Waals surface area contributed by atoms with Crippen LogP contribution in [0.1, 0.15) is 11.5 Å². The van der Waals surface area contributed by atoms with Gasteiger partial charge in [-0.1, -0.05) is 0 Å². The van der Waals surface area contributed by atoms with Gasteiger partial charge in [0.15, 0.2) is 0 Å². The molecule has 1 unspecified atom stereocenters. The summed E-state index contributed by atoms with van der Waals surface area (Å²) in [5.41, 5.74) is 0.762. The molecule has 0 aliphatic carbocycles. The summed E-state index contributed by atoms with van der Waals surface area (Å²) in [5.74, 6) is -0.528. The first-order valence-corrected chi connectivity index (χ1v) is 4.62. The fraction of sp³-hybridized carbons (Fsp3) is 0.222. The van der Waals surface area contributed by atoms with Crippen LogP contribution in [-0.2, 0) is 0 Å². The van der Waals surface area contributed by atoms with Crippen LogP contribution in [-0.4, -0.2) is 11.7 Å². The van der Waals surface area contributed by atoms with Gasteiger partial charge in [-0.3, -0.25) is 0 Å². The molecule has 0 saturated carbocycles. The Hall–Kier alpha value is -0.160. The third-order valence-corrected chi connectivity index (χ3v) is 2.60. The third kappa shape index (κ3) is 2.17. The Morgan fingerprint density at radius 1 is 1.58 bits per heavy atom. The van der Waals surface area contributed by atoms with Crippen LogP contribution in [0.5, 0.6) is 0 Å². The molecule has 0 aliphatic heterocycles. The van der Waals surface area contributed by atoms with Crippen molar-refractivity contribution in [2.24, 2.45) is 0 Å². The van der Waals surface area contributed by atoms with Crippen molar-refractivity contribution in [2.45, 2.75) is 5.92 Å². The van der Waals surface area contributed by atoms with Crippen LogP contribution in [0.3, 0.4) is 0 Å². The lowest BCUT2D eigenvalue weighted by Gasteiger charge is -2.09. The summed E-state index contributed by atoms with van der Waals surface area (Å²) in [7, 11) is 0. The van der Waals surface area contributed by atoms with Gasteiger partial charge >= 0.3 is 0 Å². The molecule has 3 heteroatoms. The van der Waals surface area contributed by atoms with E-state index >= 15 is 0 Å². The van der Waals surface area contributed by atoms with Crippen LogP contribution in [0.25, 0.3) is 0 Å². The zero-order chi connectivity index (χ0) is 9.14. The van der Waals surface area contributed by atoms with Gasteiger partial charge in [0.25, 0.3) is 0 Å². The predicted octanol–water partition coefficient (Wildman–Crippen LogP) is 2.34. The first-order chi connectivity index (χ1) is 5.65. The molecule has 1 radical (unpaired) electrons. The van der Waals surface area contributed by atoms with Crippen molar-refractivity contribution in [2.75, 3.05) is 6.61 Å². The van der Waals surface area contributed by atoms with Gasteiger partial charge < -0.3 is 5.11 Å². The predicted molar refractivity (Wildman–Crippen MR) is 54.3 cm³/mol. The Kier molecular flexibility index (Phi) is 3.46. The molecule has 0 bridgehead atoms. The number of hydrogen-bond donors (Lipinski definition) is 1. The molecule has 0 aromatic heterocycles. The Balaban J connectivity index is 3.04. The van der Waals surface area contributed by atoms with E-state index in [4.69, 9.17) is 5.11 Å². The van der Waals surface area contributed by atoms with Crippen molar-refractivity contribution in [3.8, 4) is 0 Å². The lowest BCUT2D eigenvalue weighted by atomic mass is 10.0. The average Bonchev–Trinajstić information content (AvgIpc) is 2.08. The van der Waals surface area contributed by atoms with Crippen LogP contribution in [0, 0.1) is 16.3 Å². The van der Waals surface area contributed by atoms with Gasteiger partial charge in [0.2, 0.25) is 0 Å². The minimum absolute atomic E-state index is 0.0561. The summed E-state index contributed by atoms with van der Waals surface area (Å²) in [6.07, 6.45) is 0. The third-order valence-electron chi connectivity index (χ3n) is 1.62. The van der Waals surface area contributed by atoms with E-state index in [1.165, 1.54) is 12.1 Å². The molecule has 1 rings (SSSR count). The first kappa shape index (κ1) is 9.92. The lowest BCUT2D eigenvalue weighted by molar-refractivity contribution is 0.282. The topological polar surface area (TPSA) is 20.2 Å². The lowest BCUT2D eigenvalue weighted by Crippen LogP contribution is -2.02. The van der Waals surface area contributed by atoms with E-state index < -0.39 is 0 Å². The molecule has 1 N–H and O–H groups in total. The van der Waals surface area contributed by atoms with E-state index in [0.717, 1.165) is 9.13 Å². The molecular formula is C9H9FIO. The van der Waals surface area contributed by atoms with Crippen molar-refractivity contribution < 1.29 is 9.50 Å². The van der Waals surface area contributed by atoms with Crippen molar-refractivity contribution in [3.05, 3.63) is 40.1 Å². The Morgan fingerprint density at radius 3 is 2.83 bits per heavy atom. The molecule has 0 fully saturated rings. The van der Waals surface area contributed by atoms with Gasteiger partial charge in [0.05, 0.1) is 0 Å². The molecule has 0 spiro atoms. The summed E-state index contributed by atoms with van der Waals surface area (Å²) in [6, 6.07) is 4.49. The second-order valence-electron chi connectivity index (χ2n) is 2.55. The van der Waals surface area contributed by atoms with Crippen LogP contribution < -0.4 is 0 Å². The van der Waals surface area contributed by atoms with Crippen LogP contribution in [0.2, 0.25) is 0 Å². The van der Waals surface area contributed by atoms with Gasteiger partial charge in [0, 0.05) is 16.1 Å². The maximum atomic E-state index is 12.7. The van der Waals surface area contributed by atoms with E-state index in [9.17, 15) is 4.39 Å². The zero-order valence-corrected chi connectivity index (χ0v) is 8.58. The smallest absolute Gasteiger partial charge is 0.123 e. The molecule has 0 amide bonds. The normalized spacial score (nSPS) is 13.0. The molecule has 0 saturated heterocycles. The van der Waals surface area contributed by atoms with E-state index in [1.807, 2.05) is 0 Å². The van der Waals surface area contributed by atoms with Crippen LogP contribution in [0.4, 0.5) is 4.39 Å². The van der Waals surface area contributed by atoms with Gasteiger partial charge in [-0.2, -0.15) is 0 Å². The van der Waals surface area contributed by atoms with Crippen molar-refractivity contribution in [1.29, 1.82) is 0 Å². The van der Waals surface area contributed by atoms with Crippen LogP contribution in [0.15, 0.2) is 18.2 Å². The Morgan fingerprint density at radius 2 is 2.25 bits per heavy atom. The minimum atomic E-state index is -0.285. The Bertz CT molecular complexity index is 275. The quantitative estimate of drug-likeness (QED) is 0.824. The number of aliphatic hydroxyl groups is 1. The molecule has 0 heterocycles. The van der Waals surface area contributed by atoms with E-state index in [2.05, 4.69) is 29.5 Å². The fourth-order valence-electron chi connectivity index (χ4n) is 0.926. The van der Waals surface area contributed by atoms with Crippen LogP contribution >= 0.6 is 22.6 Å². The van der Waals surface area contributed by atoms with Gasteiger partial charge in [-0.15, -0.1) is 0 Å². The molecule has 1 aromatic rings. The summed E-state index contributed by atoms with van der Waals surface area (Å²) < 4.78 is 13.7. The van der Waals surface area contributed by atoms with Gasteiger partial charge in [0.1, 0.15) is 5.82 Å². The second-order valence-corrected chi connectivity index (χ2v) is 3.71. The number of aliphatic hydroxyl groups excluding tert-OH is 1. The molecular weight excluding hydrogens is 270 g/mol. The summed E-state index contributed by atoms with van der Waals surface area (Å²) in [4.78, 5) is 0. The minimum Gasteiger partial charge on any atom is -0.396 e. The first-order valence-electron chi connectivity index (χ1n) is 3.54. The molecule has 12 heavy (non-hydrogen) atoms. The fourth-order valence-corrected chi connectivity index (χ4v) is 1.70. The second kappa shape index (κ2) is 4.18. The largest absolute Gasteiger partial charge is 0.396 e. The standard InChI is InChI=1S/C9H9FIO/c1-6(5-12)8-4-7(10)2-3-9(8)11/h2-4,6,12H,1,5H2. The number of benzene rings is 1.